The second kappa shape index (κ2) is 6.07. The lowest BCUT2D eigenvalue weighted by atomic mass is 10.2. The van der Waals surface area contributed by atoms with E-state index in [2.05, 4.69) is 14.7 Å². The van der Waals surface area contributed by atoms with Crippen LogP contribution in [0.25, 0.3) is 11.3 Å². The molecule has 3 N–H and O–H groups in total. The molecular weight excluding hydrogens is 292 g/mol. The average molecular weight is 310 g/mol. The molecule has 2 aromatic heterocycles. The van der Waals surface area contributed by atoms with E-state index in [1.54, 1.807) is 11.3 Å². The Labute approximate surface area is 126 Å². The zero-order chi connectivity index (χ0) is 13.9. The fraction of sp³-hybridized carbons (Fsp3) is 0.538. The third kappa shape index (κ3) is 3.28. The summed E-state index contributed by atoms with van der Waals surface area (Å²) in [6.45, 7) is 4.36. The number of hydrogen-bond acceptors (Lipinski definition) is 7. The van der Waals surface area contributed by atoms with Crippen LogP contribution >= 0.6 is 22.9 Å². The van der Waals surface area contributed by atoms with E-state index in [9.17, 15) is 0 Å². The third-order valence-corrected chi connectivity index (χ3v) is 4.77. The first-order valence-electron chi connectivity index (χ1n) is 6.73. The van der Waals surface area contributed by atoms with Gasteiger partial charge in [-0.25, -0.2) is 4.98 Å². The first-order chi connectivity index (χ1) is 9.74. The van der Waals surface area contributed by atoms with Crippen LogP contribution in [-0.2, 0) is 4.74 Å². The van der Waals surface area contributed by atoms with E-state index in [-0.39, 0.29) is 0 Å². The Kier molecular flexibility index (Phi) is 4.18. The maximum Gasteiger partial charge on any atom is 0.148 e. The predicted octanol–water partition coefficient (Wildman–Crippen LogP) is 3.00. The summed E-state index contributed by atoms with van der Waals surface area (Å²) in [6, 6.07) is 0. The number of nitrogens with two attached hydrogens (primary N) is 1. The normalized spacial score (nSPS) is 14.7. The lowest BCUT2D eigenvalue weighted by Crippen LogP contribution is -2.10. The van der Waals surface area contributed by atoms with Crippen LogP contribution in [0.5, 0.6) is 0 Å². The molecule has 2 aromatic rings. The summed E-state index contributed by atoms with van der Waals surface area (Å²) >= 11 is 3.00. The van der Waals surface area contributed by atoms with Crippen molar-refractivity contribution in [3.8, 4) is 11.3 Å². The Bertz CT molecular complexity index is 577. The highest BCUT2D eigenvalue weighted by molar-refractivity contribution is 7.11. The van der Waals surface area contributed by atoms with Gasteiger partial charge in [-0.05, 0) is 37.2 Å². The number of nitrogens with zero attached hydrogens (tertiary/aromatic N) is 2. The van der Waals surface area contributed by atoms with E-state index < -0.39 is 0 Å². The van der Waals surface area contributed by atoms with Crippen molar-refractivity contribution in [1.82, 2.24) is 9.36 Å². The van der Waals surface area contributed by atoms with E-state index in [1.807, 2.05) is 12.3 Å². The molecule has 5 nitrogen and oxygen atoms in total. The summed E-state index contributed by atoms with van der Waals surface area (Å²) in [4.78, 5) is 4.48. The summed E-state index contributed by atoms with van der Waals surface area (Å²) in [5.74, 6) is 1.35. The van der Waals surface area contributed by atoms with Crippen molar-refractivity contribution in [3.05, 3.63) is 10.4 Å². The van der Waals surface area contributed by atoms with Gasteiger partial charge in [0.05, 0.1) is 22.9 Å². The Hall–Kier alpha value is -1.18. The lowest BCUT2D eigenvalue weighted by molar-refractivity contribution is 0.134. The van der Waals surface area contributed by atoms with Gasteiger partial charge in [-0.15, -0.1) is 11.3 Å². The maximum atomic E-state index is 5.95. The molecule has 2 heterocycles. The van der Waals surface area contributed by atoms with Crippen molar-refractivity contribution >= 4 is 33.7 Å². The number of aromatic nitrogens is 2. The second-order valence-corrected chi connectivity index (χ2v) is 6.80. The molecule has 7 heteroatoms. The molecule has 1 aliphatic rings. The first kappa shape index (κ1) is 13.8. The fourth-order valence-corrected chi connectivity index (χ4v) is 3.27. The van der Waals surface area contributed by atoms with Gasteiger partial charge in [-0.3, -0.25) is 0 Å². The molecule has 3 rings (SSSR count). The minimum absolute atomic E-state index is 0.543. The smallest absolute Gasteiger partial charge is 0.148 e. The number of nitrogen functional groups attached to an aromatic ring is 1. The standard InChI is InChI=1S/C13H18N4OS2/c1-8-16-10(7-19-8)11-12(14)17-20-13(11)15-4-5-18-6-9-2-3-9/h7,9,15H,2-6H2,1H3,(H2,14,17). The zero-order valence-electron chi connectivity index (χ0n) is 11.4. The first-order valence-corrected chi connectivity index (χ1v) is 8.38. The van der Waals surface area contributed by atoms with Gasteiger partial charge in [-0.2, -0.15) is 4.37 Å². The number of ether oxygens (including phenoxy) is 1. The van der Waals surface area contributed by atoms with Crippen molar-refractivity contribution in [2.75, 3.05) is 30.8 Å². The zero-order valence-corrected chi connectivity index (χ0v) is 13.0. The van der Waals surface area contributed by atoms with E-state index in [4.69, 9.17) is 10.5 Å². The molecule has 1 aliphatic carbocycles. The largest absolute Gasteiger partial charge is 0.382 e. The molecule has 0 unspecified atom stereocenters. The maximum absolute atomic E-state index is 5.95. The van der Waals surface area contributed by atoms with Gasteiger partial charge in [-0.1, -0.05) is 0 Å². The van der Waals surface area contributed by atoms with E-state index in [0.717, 1.165) is 40.3 Å². The lowest BCUT2D eigenvalue weighted by Gasteiger charge is -2.06. The summed E-state index contributed by atoms with van der Waals surface area (Å²) in [6.07, 6.45) is 2.65. The van der Waals surface area contributed by atoms with Crippen molar-refractivity contribution in [1.29, 1.82) is 0 Å². The average Bonchev–Trinajstić information content (AvgIpc) is 3.05. The molecule has 1 saturated carbocycles. The second-order valence-electron chi connectivity index (χ2n) is 4.97. The van der Waals surface area contributed by atoms with Crippen molar-refractivity contribution in [2.45, 2.75) is 19.8 Å². The van der Waals surface area contributed by atoms with Gasteiger partial charge in [0.1, 0.15) is 10.8 Å². The highest BCUT2D eigenvalue weighted by Gasteiger charge is 2.21. The van der Waals surface area contributed by atoms with E-state index in [1.165, 1.54) is 24.4 Å². The van der Waals surface area contributed by atoms with Gasteiger partial charge in [0.25, 0.3) is 0 Å². The van der Waals surface area contributed by atoms with Crippen LogP contribution in [0.3, 0.4) is 0 Å². The van der Waals surface area contributed by atoms with Crippen LogP contribution < -0.4 is 11.1 Å². The molecule has 0 radical (unpaired) electrons. The Morgan fingerprint density at radius 3 is 3.05 bits per heavy atom. The summed E-state index contributed by atoms with van der Waals surface area (Å²) in [5.41, 5.74) is 7.77. The number of thiazole rings is 1. The number of rotatable bonds is 7. The topological polar surface area (TPSA) is 73.1 Å². The van der Waals surface area contributed by atoms with Gasteiger partial charge < -0.3 is 15.8 Å². The SMILES string of the molecule is Cc1nc(-c2c(N)nsc2NCCOCC2CC2)cs1. The van der Waals surface area contributed by atoms with Crippen LogP contribution in [0.4, 0.5) is 10.8 Å². The molecule has 1 fully saturated rings. The summed E-state index contributed by atoms with van der Waals surface area (Å²) in [5, 5.41) is 7.38. The van der Waals surface area contributed by atoms with Crippen molar-refractivity contribution in [3.63, 3.8) is 0 Å². The van der Waals surface area contributed by atoms with E-state index in [0.29, 0.717) is 12.4 Å². The minimum Gasteiger partial charge on any atom is -0.382 e. The van der Waals surface area contributed by atoms with Crippen LogP contribution in [0.15, 0.2) is 5.38 Å². The highest BCUT2D eigenvalue weighted by atomic mass is 32.1. The molecule has 0 aromatic carbocycles. The fourth-order valence-electron chi connectivity index (χ4n) is 1.92. The minimum atomic E-state index is 0.543. The van der Waals surface area contributed by atoms with Gasteiger partial charge >= 0.3 is 0 Å². The van der Waals surface area contributed by atoms with Crippen LogP contribution in [0, 0.1) is 12.8 Å². The van der Waals surface area contributed by atoms with Crippen LogP contribution in [0.2, 0.25) is 0 Å². The van der Waals surface area contributed by atoms with Gasteiger partial charge in [0.15, 0.2) is 0 Å². The molecule has 0 atom stereocenters. The number of aryl methyl sites for hydroxylation is 1. The van der Waals surface area contributed by atoms with Crippen molar-refractivity contribution in [2.24, 2.45) is 5.92 Å². The quantitative estimate of drug-likeness (QED) is 0.769. The van der Waals surface area contributed by atoms with Gasteiger partial charge in [0.2, 0.25) is 0 Å². The Morgan fingerprint density at radius 2 is 2.35 bits per heavy atom. The molecule has 0 aliphatic heterocycles. The van der Waals surface area contributed by atoms with Crippen molar-refractivity contribution < 1.29 is 4.74 Å². The monoisotopic (exact) mass is 310 g/mol. The van der Waals surface area contributed by atoms with Gasteiger partial charge in [0, 0.05) is 18.5 Å². The van der Waals surface area contributed by atoms with Crippen LogP contribution in [0.1, 0.15) is 17.8 Å². The molecular formula is C13H18N4OS2. The molecule has 0 saturated heterocycles. The highest BCUT2D eigenvalue weighted by Crippen LogP contribution is 2.36. The number of anilines is 2. The Balaban J connectivity index is 1.58. The summed E-state index contributed by atoms with van der Waals surface area (Å²) < 4.78 is 9.83. The molecule has 0 spiro atoms. The molecule has 20 heavy (non-hydrogen) atoms. The Morgan fingerprint density at radius 1 is 1.50 bits per heavy atom. The van der Waals surface area contributed by atoms with E-state index >= 15 is 0 Å². The molecule has 0 bridgehead atoms. The molecule has 108 valence electrons. The third-order valence-electron chi connectivity index (χ3n) is 3.18. The summed E-state index contributed by atoms with van der Waals surface area (Å²) in [7, 11) is 0. The van der Waals surface area contributed by atoms with Crippen LogP contribution in [-0.4, -0.2) is 29.1 Å². The molecule has 0 amide bonds. The number of nitrogens with one attached hydrogen (secondary N) is 1. The number of hydrogen-bond donors (Lipinski definition) is 2. The predicted molar refractivity (Wildman–Crippen MR) is 84.4 cm³/mol.